The van der Waals surface area contributed by atoms with Crippen LogP contribution in [0.3, 0.4) is 0 Å². The highest BCUT2D eigenvalue weighted by Crippen LogP contribution is 2.23. The highest BCUT2D eigenvalue weighted by molar-refractivity contribution is 7.89. The van der Waals surface area contributed by atoms with Crippen LogP contribution in [0, 0.1) is 5.92 Å². The van der Waals surface area contributed by atoms with Crippen molar-refractivity contribution in [1.82, 2.24) is 14.5 Å². The van der Waals surface area contributed by atoms with Crippen molar-refractivity contribution in [2.75, 3.05) is 33.4 Å². The first kappa shape index (κ1) is 25.6. The molecule has 2 fully saturated rings. The highest BCUT2D eigenvalue weighted by Gasteiger charge is 2.32. The standard InChI is InChI=1S/C24H37N3O5S/c1-18(2)22(24(29)26(3)20-10-6-4-5-7-11-20)25-23(28)19-9-8-12-21(17-19)33(30,31)27-13-15-32-16-14-27/h8-9,12,17-18,20,22H,4-7,10-11,13-16H2,1-3H3,(H,25,28)/t22-/m0/s1. The van der Waals surface area contributed by atoms with Gasteiger partial charge in [0.25, 0.3) is 5.91 Å². The fourth-order valence-electron chi connectivity index (χ4n) is 4.52. The maximum absolute atomic E-state index is 13.3. The van der Waals surface area contributed by atoms with Gasteiger partial charge in [0.2, 0.25) is 15.9 Å². The van der Waals surface area contributed by atoms with Gasteiger partial charge in [-0.1, -0.05) is 45.6 Å². The van der Waals surface area contributed by atoms with Crippen molar-refractivity contribution < 1.29 is 22.7 Å². The molecular formula is C24H37N3O5S. The lowest BCUT2D eigenvalue weighted by atomic mass is 10.00. The molecule has 0 aromatic heterocycles. The monoisotopic (exact) mass is 479 g/mol. The van der Waals surface area contributed by atoms with Gasteiger partial charge in [0.15, 0.2) is 0 Å². The zero-order valence-electron chi connectivity index (χ0n) is 20.0. The number of rotatable bonds is 7. The molecule has 1 saturated carbocycles. The summed E-state index contributed by atoms with van der Waals surface area (Å²) in [6.07, 6.45) is 6.61. The van der Waals surface area contributed by atoms with Gasteiger partial charge in [0, 0.05) is 31.7 Å². The molecular weight excluding hydrogens is 442 g/mol. The number of carbonyl (C=O) groups excluding carboxylic acids is 2. The van der Waals surface area contributed by atoms with Crippen molar-refractivity contribution in [2.45, 2.75) is 69.4 Å². The highest BCUT2D eigenvalue weighted by atomic mass is 32.2. The van der Waals surface area contributed by atoms with Gasteiger partial charge in [0.05, 0.1) is 18.1 Å². The van der Waals surface area contributed by atoms with Gasteiger partial charge < -0.3 is 15.0 Å². The Morgan fingerprint density at radius 3 is 2.33 bits per heavy atom. The molecule has 1 saturated heterocycles. The van der Waals surface area contributed by atoms with Crippen LogP contribution in [0.2, 0.25) is 0 Å². The number of nitrogens with one attached hydrogen (secondary N) is 1. The number of nitrogens with zero attached hydrogens (tertiary/aromatic N) is 2. The first-order chi connectivity index (χ1) is 15.7. The molecule has 3 rings (SSSR count). The topological polar surface area (TPSA) is 96.0 Å². The van der Waals surface area contributed by atoms with E-state index in [0.29, 0.717) is 13.2 Å². The molecule has 33 heavy (non-hydrogen) atoms. The Morgan fingerprint density at radius 1 is 1.09 bits per heavy atom. The average molecular weight is 480 g/mol. The van der Waals surface area contributed by atoms with Crippen LogP contribution < -0.4 is 5.32 Å². The summed E-state index contributed by atoms with van der Waals surface area (Å²) in [5, 5.41) is 2.87. The van der Waals surface area contributed by atoms with Crippen molar-refractivity contribution in [3.05, 3.63) is 29.8 Å². The Hall–Kier alpha value is -1.97. The fourth-order valence-corrected chi connectivity index (χ4v) is 5.97. The van der Waals surface area contributed by atoms with E-state index in [9.17, 15) is 18.0 Å². The lowest BCUT2D eigenvalue weighted by Gasteiger charge is -2.32. The van der Waals surface area contributed by atoms with Gasteiger partial charge in [-0.2, -0.15) is 4.31 Å². The van der Waals surface area contributed by atoms with E-state index in [2.05, 4.69) is 5.32 Å². The molecule has 1 aliphatic carbocycles. The number of carbonyl (C=O) groups is 2. The molecule has 0 unspecified atom stereocenters. The molecule has 1 aliphatic heterocycles. The van der Waals surface area contributed by atoms with Crippen LogP contribution in [0.1, 0.15) is 62.7 Å². The van der Waals surface area contributed by atoms with Crippen LogP contribution >= 0.6 is 0 Å². The average Bonchev–Trinajstić information content (AvgIpc) is 3.11. The van der Waals surface area contributed by atoms with Crippen molar-refractivity contribution in [1.29, 1.82) is 0 Å². The summed E-state index contributed by atoms with van der Waals surface area (Å²) in [4.78, 5) is 28.2. The van der Waals surface area contributed by atoms with Crippen LogP contribution in [0.15, 0.2) is 29.2 Å². The van der Waals surface area contributed by atoms with Crippen molar-refractivity contribution >= 4 is 21.8 Å². The number of benzene rings is 1. The molecule has 0 bridgehead atoms. The molecule has 1 aromatic rings. The maximum Gasteiger partial charge on any atom is 0.251 e. The first-order valence-electron chi connectivity index (χ1n) is 12.0. The van der Waals surface area contributed by atoms with Crippen LogP contribution in [0.25, 0.3) is 0 Å². The summed E-state index contributed by atoms with van der Waals surface area (Å²) in [6, 6.07) is 5.53. The Kier molecular flexibility index (Phi) is 8.89. The fraction of sp³-hybridized carbons (Fsp3) is 0.667. The second kappa shape index (κ2) is 11.4. The smallest absolute Gasteiger partial charge is 0.251 e. The van der Waals surface area contributed by atoms with Crippen molar-refractivity contribution in [3.63, 3.8) is 0 Å². The minimum atomic E-state index is -3.71. The maximum atomic E-state index is 13.3. The molecule has 0 spiro atoms. The summed E-state index contributed by atoms with van der Waals surface area (Å²) < 4.78 is 32.6. The van der Waals surface area contributed by atoms with Gasteiger partial charge in [0.1, 0.15) is 6.04 Å². The van der Waals surface area contributed by atoms with E-state index in [0.717, 1.165) is 25.7 Å². The number of amides is 2. The third-order valence-corrected chi connectivity index (χ3v) is 8.54. The Balaban J connectivity index is 1.74. The summed E-state index contributed by atoms with van der Waals surface area (Å²) in [6.45, 7) is 5.09. The molecule has 2 aliphatic rings. The SMILES string of the molecule is CC(C)[C@H](NC(=O)c1cccc(S(=O)(=O)N2CCOCC2)c1)C(=O)N(C)C1CCCCCC1. The number of sulfonamides is 1. The van der Waals surface area contributed by atoms with Gasteiger partial charge in [-0.15, -0.1) is 0 Å². The number of ether oxygens (including phenoxy) is 1. The minimum absolute atomic E-state index is 0.0695. The lowest BCUT2D eigenvalue weighted by Crippen LogP contribution is -2.52. The molecule has 2 amide bonds. The molecule has 1 atom stereocenters. The quantitative estimate of drug-likeness (QED) is 0.607. The normalized spacial score (nSPS) is 19.6. The molecule has 1 heterocycles. The Bertz CT molecular complexity index is 920. The predicted molar refractivity (Wildman–Crippen MR) is 126 cm³/mol. The van der Waals surface area contributed by atoms with E-state index in [1.54, 1.807) is 17.0 Å². The lowest BCUT2D eigenvalue weighted by molar-refractivity contribution is -0.135. The third-order valence-electron chi connectivity index (χ3n) is 6.64. The van der Waals surface area contributed by atoms with Crippen LogP contribution in [0.5, 0.6) is 0 Å². The van der Waals surface area contributed by atoms with Gasteiger partial charge in [-0.25, -0.2) is 8.42 Å². The summed E-state index contributed by atoms with van der Waals surface area (Å²) in [5.74, 6) is -0.646. The van der Waals surface area contributed by atoms with Crippen molar-refractivity contribution in [2.24, 2.45) is 5.92 Å². The van der Waals surface area contributed by atoms with E-state index in [1.165, 1.54) is 29.3 Å². The van der Waals surface area contributed by atoms with Gasteiger partial charge in [-0.05, 0) is 37.0 Å². The molecule has 1 N–H and O–H groups in total. The minimum Gasteiger partial charge on any atom is -0.379 e. The largest absolute Gasteiger partial charge is 0.379 e. The first-order valence-corrected chi connectivity index (χ1v) is 13.4. The predicted octanol–water partition coefficient (Wildman–Crippen LogP) is 2.64. The van der Waals surface area contributed by atoms with Gasteiger partial charge >= 0.3 is 0 Å². The molecule has 184 valence electrons. The van der Waals surface area contributed by atoms with E-state index >= 15 is 0 Å². The molecule has 1 aromatic carbocycles. The van der Waals surface area contributed by atoms with Crippen LogP contribution in [-0.2, 0) is 19.6 Å². The zero-order chi connectivity index (χ0) is 24.0. The number of likely N-dealkylation sites (N-methyl/N-ethyl adjacent to an activating group) is 1. The summed E-state index contributed by atoms with van der Waals surface area (Å²) >= 11 is 0. The van der Waals surface area contributed by atoms with Gasteiger partial charge in [-0.3, -0.25) is 9.59 Å². The number of hydrogen-bond donors (Lipinski definition) is 1. The third kappa shape index (κ3) is 6.33. The molecule has 0 radical (unpaired) electrons. The van der Waals surface area contributed by atoms with Crippen molar-refractivity contribution in [3.8, 4) is 0 Å². The second-order valence-corrected chi connectivity index (χ2v) is 11.3. The van der Waals surface area contributed by atoms with Crippen LogP contribution in [-0.4, -0.2) is 74.9 Å². The summed E-state index contributed by atoms with van der Waals surface area (Å²) in [7, 11) is -1.88. The zero-order valence-corrected chi connectivity index (χ0v) is 20.8. The Morgan fingerprint density at radius 2 is 1.73 bits per heavy atom. The van der Waals surface area contributed by atoms with E-state index in [1.807, 2.05) is 20.9 Å². The second-order valence-electron chi connectivity index (χ2n) is 9.33. The summed E-state index contributed by atoms with van der Waals surface area (Å²) in [5.41, 5.74) is 0.222. The molecule has 9 heteroatoms. The van der Waals surface area contributed by atoms with E-state index in [4.69, 9.17) is 4.74 Å². The van der Waals surface area contributed by atoms with E-state index in [-0.39, 0.29) is 41.4 Å². The number of morpholine rings is 1. The number of hydrogen-bond acceptors (Lipinski definition) is 5. The molecule has 8 nitrogen and oxygen atoms in total. The Labute approximate surface area is 197 Å². The van der Waals surface area contributed by atoms with E-state index < -0.39 is 22.0 Å². The van der Waals surface area contributed by atoms with Crippen LogP contribution in [0.4, 0.5) is 0 Å².